The maximum atomic E-state index is 12.3. The van der Waals surface area contributed by atoms with Gasteiger partial charge in [-0.25, -0.2) is 0 Å². The molecule has 7 heteroatoms. The van der Waals surface area contributed by atoms with Crippen molar-refractivity contribution in [2.24, 2.45) is 11.3 Å². The van der Waals surface area contributed by atoms with Crippen LogP contribution in [0.2, 0.25) is 0 Å². The minimum Gasteiger partial charge on any atom is -0.481 e. The number of carboxylic acid groups (broad SMARTS) is 1. The molecule has 0 saturated carbocycles. The summed E-state index contributed by atoms with van der Waals surface area (Å²) in [6.07, 6.45) is -3.52. The van der Waals surface area contributed by atoms with Gasteiger partial charge >= 0.3 is 12.1 Å². The lowest BCUT2D eigenvalue weighted by Gasteiger charge is -2.26. The molecule has 0 aliphatic heterocycles. The second-order valence-electron chi connectivity index (χ2n) is 5.05. The Kier molecular flexibility index (Phi) is 6.62. The minimum absolute atomic E-state index is 0.0315. The molecule has 0 heterocycles. The number of rotatable bonds is 8. The first-order valence-corrected chi connectivity index (χ1v) is 5.71. The summed E-state index contributed by atoms with van der Waals surface area (Å²) in [6, 6.07) is 0. The summed E-state index contributed by atoms with van der Waals surface area (Å²) in [5.41, 5.74) is -0.280. The van der Waals surface area contributed by atoms with Gasteiger partial charge in [0.15, 0.2) is 5.92 Å². The van der Waals surface area contributed by atoms with E-state index in [1.807, 2.05) is 13.8 Å². The summed E-state index contributed by atoms with van der Waals surface area (Å²) in [6.45, 7) is 3.36. The lowest BCUT2D eigenvalue weighted by Crippen LogP contribution is -2.41. The molecule has 0 bridgehead atoms. The van der Waals surface area contributed by atoms with Crippen LogP contribution < -0.4 is 5.32 Å². The summed E-state index contributed by atoms with van der Waals surface area (Å²) in [7, 11) is 0. The highest BCUT2D eigenvalue weighted by molar-refractivity contribution is 5.71. The number of nitrogens with one attached hydrogen (secondary N) is 1. The van der Waals surface area contributed by atoms with Gasteiger partial charge in [0.2, 0.25) is 0 Å². The van der Waals surface area contributed by atoms with Crippen LogP contribution in [-0.2, 0) is 4.79 Å². The smallest absolute Gasteiger partial charge is 0.403 e. The number of hydrogen-bond donors (Lipinski definition) is 3. The fourth-order valence-electron chi connectivity index (χ4n) is 1.54. The van der Waals surface area contributed by atoms with E-state index < -0.39 is 24.6 Å². The maximum absolute atomic E-state index is 12.3. The highest BCUT2D eigenvalue weighted by atomic mass is 19.4. The van der Waals surface area contributed by atoms with Crippen molar-refractivity contribution in [3.63, 3.8) is 0 Å². The van der Waals surface area contributed by atoms with Gasteiger partial charge in [0, 0.05) is 19.7 Å². The van der Waals surface area contributed by atoms with Gasteiger partial charge in [0.25, 0.3) is 0 Å². The monoisotopic (exact) mass is 271 g/mol. The van der Waals surface area contributed by atoms with E-state index in [0.29, 0.717) is 12.8 Å². The van der Waals surface area contributed by atoms with Crippen molar-refractivity contribution >= 4 is 5.97 Å². The van der Waals surface area contributed by atoms with E-state index >= 15 is 0 Å². The number of halogens is 3. The topological polar surface area (TPSA) is 69.6 Å². The van der Waals surface area contributed by atoms with E-state index in [4.69, 9.17) is 10.2 Å². The van der Waals surface area contributed by atoms with Crippen molar-refractivity contribution in [2.45, 2.75) is 32.9 Å². The Morgan fingerprint density at radius 1 is 1.33 bits per heavy atom. The van der Waals surface area contributed by atoms with E-state index in [2.05, 4.69) is 5.32 Å². The van der Waals surface area contributed by atoms with Crippen LogP contribution in [0.3, 0.4) is 0 Å². The van der Waals surface area contributed by atoms with E-state index in [-0.39, 0.29) is 18.6 Å². The molecule has 0 aromatic heterocycles. The van der Waals surface area contributed by atoms with Crippen LogP contribution in [0, 0.1) is 11.3 Å². The molecule has 0 saturated heterocycles. The second kappa shape index (κ2) is 6.94. The molecule has 0 aliphatic rings. The second-order valence-corrected chi connectivity index (χ2v) is 5.05. The quantitative estimate of drug-likeness (QED) is 0.627. The van der Waals surface area contributed by atoms with Crippen LogP contribution in [0.5, 0.6) is 0 Å². The van der Waals surface area contributed by atoms with E-state index in [0.717, 1.165) is 0 Å². The minimum atomic E-state index is -4.74. The van der Waals surface area contributed by atoms with E-state index in [9.17, 15) is 18.0 Å². The highest BCUT2D eigenvalue weighted by Gasteiger charge is 2.44. The molecule has 0 aliphatic carbocycles. The maximum Gasteiger partial charge on any atom is 0.403 e. The van der Waals surface area contributed by atoms with Gasteiger partial charge in [-0.3, -0.25) is 4.79 Å². The van der Waals surface area contributed by atoms with Gasteiger partial charge in [-0.2, -0.15) is 13.2 Å². The van der Waals surface area contributed by atoms with Gasteiger partial charge in [-0.05, 0) is 18.3 Å². The Morgan fingerprint density at radius 3 is 2.28 bits per heavy atom. The average molecular weight is 271 g/mol. The van der Waals surface area contributed by atoms with Crippen LogP contribution in [-0.4, -0.2) is 42.1 Å². The molecular weight excluding hydrogens is 251 g/mol. The van der Waals surface area contributed by atoms with Crippen molar-refractivity contribution in [2.75, 3.05) is 19.7 Å². The van der Waals surface area contributed by atoms with Crippen molar-refractivity contribution in [1.82, 2.24) is 5.32 Å². The van der Waals surface area contributed by atoms with Crippen LogP contribution in [0.15, 0.2) is 0 Å². The van der Waals surface area contributed by atoms with Crippen LogP contribution in [0.4, 0.5) is 13.2 Å². The lowest BCUT2D eigenvalue weighted by molar-refractivity contribution is -0.192. The third kappa shape index (κ3) is 6.80. The Bertz CT molecular complexity index is 267. The third-order valence-electron chi connectivity index (χ3n) is 2.66. The zero-order valence-electron chi connectivity index (χ0n) is 10.5. The van der Waals surface area contributed by atoms with Crippen molar-refractivity contribution in [3.05, 3.63) is 0 Å². The molecule has 108 valence electrons. The summed E-state index contributed by atoms with van der Waals surface area (Å²) in [5, 5.41) is 19.7. The number of carboxylic acids is 1. The number of aliphatic carboxylic acids is 1. The highest BCUT2D eigenvalue weighted by Crippen LogP contribution is 2.26. The van der Waals surface area contributed by atoms with Gasteiger partial charge in [-0.15, -0.1) is 0 Å². The van der Waals surface area contributed by atoms with Gasteiger partial charge in [0.05, 0.1) is 0 Å². The Labute approximate surface area is 104 Å². The first kappa shape index (κ1) is 17.2. The van der Waals surface area contributed by atoms with E-state index in [1.54, 1.807) is 0 Å². The summed E-state index contributed by atoms with van der Waals surface area (Å²) < 4.78 is 37.0. The number of carbonyl (C=O) groups is 1. The molecule has 0 spiro atoms. The molecule has 3 N–H and O–H groups in total. The SMILES string of the molecule is CC(C)(CCCO)CNCC(C(=O)O)C(F)(F)F. The third-order valence-corrected chi connectivity index (χ3v) is 2.66. The number of aliphatic hydroxyl groups is 1. The standard InChI is InChI=1S/C11H20F3NO3/c1-10(2,4-3-5-16)7-15-6-8(9(17)18)11(12,13)14/h8,15-16H,3-7H2,1-2H3,(H,17,18). The molecule has 18 heavy (non-hydrogen) atoms. The van der Waals surface area contributed by atoms with Gasteiger partial charge in [-0.1, -0.05) is 13.8 Å². The first-order chi connectivity index (χ1) is 8.10. The van der Waals surface area contributed by atoms with E-state index in [1.165, 1.54) is 0 Å². The van der Waals surface area contributed by atoms with Crippen LogP contribution >= 0.6 is 0 Å². The van der Waals surface area contributed by atoms with Crippen LogP contribution in [0.1, 0.15) is 26.7 Å². The number of hydrogen-bond acceptors (Lipinski definition) is 3. The first-order valence-electron chi connectivity index (χ1n) is 5.71. The van der Waals surface area contributed by atoms with Crippen molar-refractivity contribution in [3.8, 4) is 0 Å². The number of aliphatic hydroxyl groups excluding tert-OH is 1. The zero-order valence-corrected chi connectivity index (χ0v) is 10.5. The fourth-order valence-corrected chi connectivity index (χ4v) is 1.54. The molecule has 1 atom stereocenters. The molecule has 0 rings (SSSR count). The zero-order chi connectivity index (χ0) is 14.4. The molecule has 0 aromatic carbocycles. The molecule has 4 nitrogen and oxygen atoms in total. The number of alkyl halides is 3. The van der Waals surface area contributed by atoms with Crippen molar-refractivity contribution < 1.29 is 28.2 Å². The van der Waals surface area contributed by atoms with Crippen molar-refractivity contribution in [1.29, 1.82) is 0 Å². The Hall–Kier alpha value is -0.820. The van der Waals surface area contributed by atoms with Gasteiger partial charge in [0.1, 0.15) is 0 Å². The Morgan fingerprint density at radius 2 is 1.89 bits per heavy atom. The summed E-state index contributed by atoms with van der Waals surface area (Å²) in [4.78, 5) is 10.5. The largest absolute Gasteiger partial charge is 0.481 e. The normalized spacial score (nSPS) is 14.6. The lowest BCUT2D eigenvalue weighted by atomic mass is 9.88. The van der Waals surface area contributed by atoms with Crippen LogP contribution in [0.25, 0.3) is 0 Å². The summed E-state index contributed by atoms with van der Waals surface area (Å²) in [5.74, 6) is -4.26. The molecular formula is C11H20F3NO3. The molecule has 0 radical (unpaired) electrons. The predicted octanol–water partition coefficient (Wildman–Crippen LogP) is 1.64. The Balaban J connectivity index is 4.19. The molecule has 0 fully saturated rings. The summed E-state index contributed by atoms with van der Waals surface area (Å²) >= 11 is 0. The molecule has 0 amide bonds. The average Bonchev–Trinajstić information content (AvgIpc) is 2.19. The van der Waals surface area contributed by atoms with Gasteiger partial charge < -0.3 is 15.5 Å². The predicted molar refractivity (Wildman–Crippen MR) is 60.2 cm³/mol. The molecule has 0 aromatic rings. The fraction of sp³-hybridized carbons (Fsp3) is 0.909. The molecule has 1 unspecified atom stereocenters.